The molecule has 0 aromatic carbocycles. The van der Waals surface area contributed by atoms with Gasteiger partial charge in [0, 0.05) is 33.7 Å². The first-order valence-electron chi connectivity index (χ1n) is 9.41. The summed E-state index contributed by atoms with van der Waals surface area (Å²) < 4.78 is 0. The first-order valence-corrected chi connectivity index (χ1v) is 9.41. The lowest BCUT2D eigenvalue weighted by molar-refractivity contribution is -0.127. The molecule has 0 bridgehead atoms. The molecular weight excluding hydrogens is 427 g/mol. The Morgan fingerprint density at radius 2 is 1.84 bits per heavy atom. The Bertz CT molecular complexity index is 456. The first-order chi connectivity index (χ1) is 11.6. The van der Waals surface area contributed by atoms with Gasteiger partial charge in [0.1, 0.15) is 6.54 Å². The Balaban J connectivity index is 0.00000312. The van der Waals surface area contributed by atoms with Crippen molar-refractivity contribution in [3.05, 3.63) is 12.7 Å². The van der Waals surface area contributed by atoms with Gasteiger partial charge in [-0.05, 0) is 31.1 Å². The molecule has 0 atom stereocenters. The van der Waals surface area contributed by atoms with Gasteiger partial charge in [0.15, 0.2) is 5.96 Å². The molecule has 6 heteroatoms. The normalized spacial score (nSPS) is 20.4. The predicted molar refractivity (Wildman–Crippen MR) is 116 cm³/mol. The van der Waals surface area contributed by atoms with Crippen molar-refractivity contribution in [3.8, 4) is 0 Å². The number of piperidine rings is 1. The van der Waals surface area contributed by atoms with Crippen molar-refractivity contribution in [1.29, 1.82) is 0 Å². The lowest BCUT2D eigenvalue weighted by atomic mass is 9.74. The fraction of sp³-hybridized carbons (Fsp3) is 0.789. The van der Waals surface area contributed by atoms with Gasteiger partial charge in [-0.15, -0.1) is 30.6 Å². The third-order valence-electron chi connectivity index (χ3n) is 5.39. The van der Waals surface area contributed by atoms with Crippen molar-refractivity contribution in [1.82, 2.24) is 15.1 Å². The standard InChI is InChI=1S/C19H34N4O.HI/c1-4-13-20-18(21-15-17(24)22(2)3)23-14-9-12-19(16-23)10-7-5-6-8-11-19;/h4H,1,5-16H2,2-3H3,(H,20,21);1H. The van der Waals surface area contributed by atoms with Gasteiger partial charge in [0.2, 0.25) is 5.91 Å². The van der Waals surface area contributed by atoms with E-state index in [1.807, 2.05) is 6.08 Å². The van der Waals surface area contributed by atoms with Crippen LogP contribution in [0.2, 0.25) is 0 Å². The van der Waals surface area contributed by atoms with Crippen molar-refractivity contribution in [2.75, 3.05) is 40.3 Å². The van der Waals surface area contributed by atoms with Gasteiger partial charge in [-0.3, -0.25) is 4.79 Å². The van der Waals surface area contributed by atoms with Crippen molar-refractivity contribution in [2.24, 2.45) is 10.4 Å². The van der Waals surface area contributed by atoms with E-state index in [1.54, 1.807) is 19.0 Å². The Hall–Kier alpha value is -0.790. The highest BCUT2D eigenvalue weighted by Gasteiger charge is 2.36. The molecule has 0 aromatic rings. The summed E-state index contributed by atoms with van der Waals surface area (Å²) >= 11 is 0. The molecule has 2 rings (SSSR count). The van der Waals surface area contributed by atoms with Gasteiger partial charge < -0.3 is 15.1 Å². The number of nitrogens with one attached hydrogen (secondary N) is 1. The van der Waals surface area contributed by atoms with Gasteiger partial charge in [-0.2, -0.15) is 0 Å². The van der Waals surface area contributed by atoms with Crippen LogP contribution < -0.4 is 5.32 Å². The van der Waals surface area contributed by atoms with Gasteiger partial charge in [0.25, 0.3) is 0 Å². The zero-order valence-corrected chi connectivity index (χ0v) is 18.3. The highest BCUT2D eigenvalue weighted by molar-refractivity contribution is 14.0. The maximum atomic E-state index is 11.9. The highest BCUT2D eigenvalue weighted by atomic mass is 127. The molecule has 25 heavy (non-hydrogen) atoms. The second-order valence-electron chi connectivity index (χ2n) is 7.54. The predicted octanol–water partition coefficient (Wildman–Crippen LogP) is 3.26. The van der Waals surface area contributed by atoms with E-state index < -0.39 is 0 Å². The number of aliphatic imine (C=N–C) groups is 1. The third-order valence-corrected chi connectivity index (χ3v) is 5.39. The van der Waals surface area contributed by atoms with Crippen molar-refractivity contribution in [3.63, 3.8) is 0 Å². The van der Waals surface area contributed by atoms with E-state index in [1.165, 1.54) is 51.4 Å². The second-order valence-corrected chi connectivity index (χ2v) is 7.54. The van der Waals surface area contributed by atoms with E-state index >= 15 is 0 Å². The van der Waals surface area contributed by atoms with Crippen LogP contribution in [0.5, 0.6) is 0 Å². The SMILES string of the molecule is C=CCNC(=NCC(=O)N(C)C)N1CCCC2(CCCCCC2)C1.I. The summed E-state index contributed by atoms with van der Waals surface area (Å²) in [5.41, 5.74) is 0.455. The molecular formula is C19H35IN4O. The molecule has 1 aliphatic carbocycles. The average molecular weight is 462 g/mol. The Morgan fingerprint density at radius 1 is 1.20 bits per heavy atom. The number of likely N-dealkylation sites (N-methyl/N-ethyl adjacent to an activating group) is 1. The fourth-order valence-electron chi connectivity index (χ4n) is 3.99. The maximum Gasteiger partial charge on any atom is 0.243 e. The third kappa shape index (κ3) is 6.79. The lowest BCUT2D eigenvalue weighted by Gasteiger charge is -2.44. The van der Waals surface area contributed by atoms with Gasteiger partial charge in [-0.1, -0.05) is 31.8 Å². The first kappa shape index (κ1) is 22.3. The monoisotopic (exact) mass is 462 g/mol. The lowest BCUT2D eigenvalue weighted by Crippen LogP contribution is -2.51. The number of guanidine groups is 1. The minimum Gasteiger partial charge on any atom is -0.353 e. The minimum absolute atomic E-state index is 0. The summed E-state index contributed by atoms with van der Waals surface area (Å²) in [6.45, 7) is 6.77. The number of halogens is 1. The highest BCUT2D eigenvalue weighted by Crippen LogP contribution is 2.42. The van der Waals surface area contributed by atoms with E-state index in [0.29, 0.717) is 12.0 Å². The van der Waals surface area contributed by atoms with Crippen LogP contribution >= 0.6 is 24.0 Å². The molecule has 1 amide bonds. The Kier molecular flexibility index (Phi) is 9.82. The van der Waals surface area contributed by atoms with Crippen LogP contribution in [-0.2, 0) is 4.79 Å². The minimum atomic E-state index is 0. The number of hydrogen-bond donors (Lipinski definition) is 1. The molecule has 1 aliphatic heterocycles. The second kappa shape index (κ2) is 11.0. The number of rotatable bonds is 4. The van der Waals surface area contributed by atoms with Crippen molar-refractivity contribution < 1.29 is 4.79 Å². The molecule has 144 valence electrons. The van der Waals surface area contributed by atoms with Crippen LogP contribution in [-0.4, -0.2) is 61.9 Å². The van der Waals surface area contributed by atoms with E-state index in [9.17, 15) is 4.79 Å². The van der Waals surface area contributed by atoms with Crippen molar-refractivity contribution in [2.45, 2.75) is 51.4 Å². The summed E-state index contributed by atoms with van der Waals surface area (Å²) in [6.07, 6.45) is 12.6. The average Bonchev–Trinajstić information content (AvgIpc) is 2.80. The summed E-state index contributed by atoms with van der Waals surface area (Å²) in [4.78, 5) is 20.5. The molecule has 2 aliphatic rings. The van der Waals surface area contributed by atoms with E-state index in [0.717, 1.165) is 19.0 Å². The zero-order chi connectivity index (χ0) is 17.4. The van der Waals surface area contributed by atoms with Crippen molar-refractivity contribution >= 4 is 35.8 Å². The summed E-state index contributed by atoms with van der Waals surface area (Å²) in [6, 6.07) is 0. The van der Waals surface area contributed by atoms with Crippen LogP contribution in [0.1, 0.15) is 51.4 Å². The van der Waals surface area contributed by atoms with Crippen LogP contribution in [0, 0.1) is 5.41 Å². The smallest absolute Gasteiger partial charge is 0.243 e. The van der Waals surface area contributed by atoms with Gasteiger partial charge in [-0.25, -0.2) is 4.99 Å². The molecule has 1 saturated carbocycles. The van der Waals surface area contributed by atoms with E-state index in [4.69, 9.17) is 0 Å². The number of likely N-dealkylation sites (tertiary alicyclic amines) is 1. The molecule has 2 fully saturated rings. The summed E-state index contributed by atoms with van der Waals surface area (Å²) in [5, 5.41) is 3.36. The number of nitrogens with zero attached hydrogens (tertiary/aromatic N) is 3. The number of carbonyl (C=O) groups excluding carboxylic acids is 1. The molecule has 1 saturated heterocycles. The molecule has 0 radical (unpaired) electrons. The van der Waals surface area contributed by atoms with Gasteiger partial charge in [0.05, 0.1) is 0 Å². The quantitative estimate of drug-likeness (QED) is 0.302. The molecule has 1 spiro atoms. The summed E-state index contributed by atoms with van der Waals surface area (Å²) in [7, 11) is 3.55. The fourth-order valence-corrected chi connectivity index (χ4v) is 3.99. The molecule has 0 unspecified atom stereocenters. The van der Waals surface area contributed by atoms with E-state index in [2.05, 4.69) is 21.8 Å². The van der Waals surface area contributed by atoms with E-state index in [-0.39, 0.29) is 36.4 Å². The molecule has 0 aromatic heterocycles. The number of hydrogen-bond acceptors (Lipinski definition) is 2. The maximum absolute atomic E-state index is 11.9. The zero-order valence-electron chi connectivity index (χ0n) is 15.9. The van der Waals surface area contributed by atoms with Crippen LogP contribution in [0.4, 0.5) is 0 Å². The molecule has 1 heterocycles. The van der Waals surface area contributed by atoms with Gasteiger partial charge >= 0.3 is 0 Å². The Morgan fingerprint density at radius 3 is 2.44 bits per heavy atom. The van der Waals surface area contributed by atoms with Crippen LogP contribution in [0.3, 0.4) is 0 Å². The topological polar surface area (TPSA) is 47.9 Å². The molecule has 1 N–H and O–H groups in total. The summed E-state index contributed by atoms with van der Waals surface area (Å²) in [5.74, 6) is 0.905. The molecule has 5 nitrogen and oxygen atoms in total. The Labute approximate surface area is 170 Å². The van der Waals surface area contributed by atoms with Crippen LogP contribution in [0.15, 0.2) is 17.6 Å². The number of carbonyl (C=O) groups is 1. The van der Waals surface area contributed by atoms with Crippen LogP contribution in [0.25, 0.3) is 0 Å². The largest absolute Gasteiger partial charge is 0.353 e. The number of amides is 1.